The Morgan fingerprint density at radius 2 is 1.65 bits per heavy atom. The largest absolute Gasteiger partial charge is 0.481 e. The molecule has 18 heteroatoms. The number of sulfonamides is 1. The van der Waals surface area contributed by atoms with Gasteiger partial charge in [0.1, 0.15) is 24.6 Å². The van der Waals surface area contributed by atoms with E-state index in [9.17, 15) is 44.3 Å². The summed E-state index contributed by atoms with van der Waals surface area (Å²) in [6, 6.07) is 12.7. The Labute approximate surface area is 354 Å². The lowest BCUT2D eigenvalue weighted by molar-refractivity contribution is -0.137. The molecule has 0 aromatic heterocycles. The van der Waals surface area contributed by atoms with Gasteiger partial charge in [-0.25, -0.2) is 17.7 Å². The summed E-state index contributed by atoms with van der Waals surface area (Å²) in [5.41, 5.74) is 2.87. The molecule has 1 atom stereocenters. The molecule has 0 spiro atoms. The Balaban J connectivity index is 1.86. The third kappa shape index (κ3) is 13.3. The Kier molecular flexibility index (Phi) is 16.5. The number of anilines is 1. The van der Waals surface area contributed by atoms with Crippen LogP contribution in [0.4, 0.5) is 5.69 Å². The number of hydrogen-bond acceptors (Lipinski definition) is 10. The number of carboxylic acid groups (broad SMARTS) is 1. The number of methoxy groups -OCH3 is 1. The fraction of sp³-hybridized carbons (Fsp3) is 0.524. The van der Waals surface area contributed by atoms with Gasteiger partial charge in [-0.15, -0.1) is 0 Å². The van der Waals surface area contributed by atoms with Crippen molar-refractivity contribution in [2.24, 2.45) is 0 Å². The molecule has 0 saturated heterocycles. The highest BCUT2D eigenvalue weighted by molar-refractivity contribution is 7.89. The van der Waals surface area contributed by atoms with Crippen molar-refractivity contribution in [1.29, 1.82) is 0 Å². The molecule has 15 nitrogen and oxygen atoms in total. The average Bonchev–Trinajstić information content (AvgIpc) is 3.37. The molecule has 1 aliphatic carbocycles. The predicted molar refractivity (Wildman–Crippen MR) is 233 cm³/mol. The van der Waals surface area contributed by atoms with Gasteiger partial charge in [0.15, 0.2) is 0 Å². The highest BCUT2D eigenvalue weighted by atomic mass is 32.2. The molecule has 4 rings (SSSR count). The molecule has 0 saturated carbocycles. The van der Waals surface area contributed by atoms with Gasteiger partial charge in [0.2, 0.25) is 15.4 Å². The van der Waals surface area contributed by atoms with Crippen LogP contribution in [0.25, 0.3) is 17.4 Å². The summed E-state index contributed by atoms with van der Waals surface area (Å²) in [5.74, 6) is -0.570. The number of rotatable bonds is 22. The maximum atomic E-state index is 13.4. The van der Waals surface area contributed by atoms with Crippen LogP contribution < -0.4 is 19.6 Å². The van der Waals surface area contributed by atoms with Crippen LogP contribution in [0.1, 0.15) is 96.5 Å². The summed E-state index contributed by atoms with van der Waals surface area (Å²) in [4.78, 5) is 13.3. The normalized spacial score (nSPS) is 17.5. The van der Waals surface area contributed by atoms with E-state index in [2.05, 4.69) is 30.4 Å². The first-order valence-electron chi connectivity index (χ1n) is 20.1. The second-order valence-corrected chi connectivity index (χ2v) is 21.2. The minimum Gasteiger partial charge on any atom is -0.481 e. The highest BCUT2D eigenvalue weighted by Gasteiger charge is 2.43. The molecular formula is C42H60N3O12S3+. The van der Waals surface area contributed by atoms with Crippen LogP contribution in [0, 0.1) is 0 Å². The third-order valence-corrected chi connectivity index (χ3v) is 13.7. The summed E-state index contributed by atoms with van der Waals surface area (Å²) >= 11 is 0. The lowest BCUT2D eigenvalue weighted by Crippen LogP contribution is -2.31. The van der Waals surface area contributed by atoms with Crippen LogP contribution in [0.15, 0.2) is 69.6 Å². The number of aliphatic carboxylic acids is 1. The van der Waals surface area contributed by atoms with E-state index in [0.717, 1.165) is 27.9 Å². The van der Waals surface area contributed by atoms with Gasteiger partial charge >= 0.3 is 5.97 Å². The summed E-state index contributed by atoms with van der Waals surface area (Å²) in [7, 11) is -10.9. The lowest BCUT2D eigenvalue weighted by atomic mass is 9.77. The van der Waals surface area contributed by atoms with E-state index in [1.165, 1.54) is 13.2 Å². The summed E-state index contributed by atoms with van der Waals surface area (Å²) in [6.45, 7) is 11.9. The summed E-state index contributed by atoms with van der Waals surface area (Å²) in [5, 5.41) is 10.0. The SMILES string of the molecule is CC[N+](CCCS(=O)(=O)O)=c1ccc2c(C(C)(C)C)cc(C=CC=C3N(CCCCCC(=O)O)c4ccc(S(=O)(=O)NCCOC)cc4C3(C)CCCS(=O)(=O)O)oc-2c1. The molecule has 0 fully saturated rings. The number of unbranched alkanes of at least 4 members (excludes halogenated alkanes) is 2. The number of hydrogen-bond donors (Lipinski definition) is 4. The van der Waals surface area contributed by atoms with E-state index in [4.69, 9.17) is 9.15 Å². The molecule has 0 bridgehead atoms. The van der Waals surface area contributed by atoms with Crippen molar-refractivity contribution in [3.63, 3.8) is 0 Å². The molecule has 0 amide bonds. The number of allylic oxidation sites excluding steroid dienone is 3. The van der Waals surface area contributed by atoms with Gasteiger partial charge in [0, 0.05) is 61.5 Å². The van der Waals surface area contributed by atoms with Gasteiger partial charge in [-0.3, -0.25) is 13.9 Å². The van der Waals surface area contributed by atoms with E-state index in [0.29, 0.717) is 56.0 Å². The number of nitrogens with zero attached hydrogens (tertiary/aromatic N) is 2. The van der Waals surface area contributed by atoms with Crippen LogP contribution in [0.2, 0.25) is 0 Å². The topological polar surface area (TPSA) is 221 Å². The Morgan fingerprint density at radius 1 is 0.950 bits per heavy atom. The second-order valence-electron chi connectivity index (χ2n) is 16.3. The van der Waals surface area contributed by atoms with Gasteiger partial charge in [-0.05, 0) is 98.6 Å². The quantitative estimate of drug-likeness (QED) is 0.0544. The minimum atomic E-state index is -4.29. The summed E-state index contributed by atoms with van der Waals surface area (Å²) < 4.78 is 108. The Bertz CT molecular complexity index is 2430. The molecule has 3 aliphatic rings. The number of carboxylic acids is 1. The highest BCUT2D eigenvalue weighted by Crippen LogP contribution is 2.51. The number of benzene rings is 2. The first kappa shape index (κ1) is 48.8. The van der Waals surface area contributed by atoms with Crippen molar-refractivity contribution in [2.75, 3.05) is 56.3 Å². The zero-order valence-corrected chi connectivity index (χ0v) is 37.8. The second kappa shape index (κ2) is 20.3. The molecule has 0 radical (unpaired) electrons. The smallest absolute Gasteiger partial charge is 0.303 e. The molecule has 60 heavy (non-hydrogen) atoms. The molecule has 4 N–H and O–H groups in total. The minimum absolute atomic E-state index is 0.0284. The van der Waals surface area contributed by atoms with Crippen molar-refractivity contribution in [2.45, 2.75) is 95.3 Å². The zero-order valence-electron chi connectivity index (χ0n) is 35.3. The molecule has 332 valence electrons. The Hall–Kier alpha value is -3.91. The van der Waals surface area contributed by atoms with Gasteiger partial charge in [-0.2, -0.15) is 16.8 Å². The van der Waals surface area contributed by atoms with Crippen LogP contribution >= 0.6 is 0 Å². The van der Waals surface area contributed by atoms with Crippen LogP contribution in [0.3, 0.4) is 0 Å². The fourth-order valence-corrected chi connectivity index (χ4v) is 9.67. The first-order chi connectivity index (χ1) is 28.0. The van der Waals surface area contributed by atoms with Gasteiger partial charge in [0.05, 0.1) is 29.1 Å². The maximum Gasteiger partial charge on any atom is 0.303 e. The van der Waals surface area contributed by atoms with Crippen molar-refractivity contribution in [1.82, 2.24) is 9.30 Å². The number of ether oxygens (including phenoxy) is 1. The molecule has 1 unspecified atom stereocenters. The van der Waals surface area contributed by atoms with Crippen LogP contribution in [0.5, 0.6) is 0 Å². The standard InChI is InChI=1S/C42H59N3O12S3/c1-7-44(23-13-27-59(51,52)53)31-17-19-34-35(41(2,3)4)29-32(57-38(34)28-31)14-11-15-39-42(5,21-12-26-58(48,49)50)36-30-33(60(54,55)43-22-25-56-6)18-20-37(36)45(39)24-10-8-9-16-40(46)47/h11,14-15,17-20,28-30,43H,7-10,12-13,16,21-27H2,1-6H3,(H2-,46,47,48,49,50,51,52,53)/p+1. The van der Waals surface area contributed by atoms with Crippen molar-refractivity contribution < 1.29 is 53.4 Å². The van der Waals surface area contributed by atoms with E-state index in [-0.39, 0.29) is 54.9 Å². The van der Waals surface area contributed by atoms with Crippen molar-refractivity contribution >= 4 is 48.0 Å². The van der Waals surface area contributed by atoms with E-state index >= 15 is 0 Å². The van der Waals surface area contributed by atoms with Gasteiger partial charge in [0.25, 0.3) is 20.2 Å². The Morgan fingerprint density at radius 3 is 2.28 bits per heavy atom. The average molecular weight is 895 g/mol. The van der Waals surface area contributed by atoms with Crippen LogP contribution in [-0.4, -0.2) is 96.8 Å². The predicted octanol–water partition coefficient (Wildman–Crippen LogP) is 5.66. The van der Waals surface area contributed by atoms with Crippen LogP contribution in [-0.2, 0) is 50.6 Å². The van der Waals surface area contributed by atoms with Gasteiger partial charge in [-0.1, -0.05) is 33.3 Å². The van der Waals surface area contributed by atoms with Crippen molar-refractivity contribution in [3.05, 3.63) is 82.6 Å². The van der Waals surface area contributed by atoms with E-state index in [1.807, 2.05) is 60.9 Å². The number of nitrogens with one attached hydrogen (secondary N) is 1. The summed E-state index contributed by atoms with van der Waals surface area (Å²) in [6.07, 6.45) is 7.87. The molecular weight excluding hydrogens is 835 g/mol. The number of carbonyl (C=O) groups is 1. The first-order valence-corrected chi connectivity index (χ1v) is 24.8. The van der Waals surface area contributed by atoms with Gasteiger partial charge < -0.3 is 19.2 Å². The molecule has 2 heterocycles. The molecule has 2 aliphatic heterocycles. The zero-order chi connectivity index (χ0) is 44.5. The fourth-order valence-electron chi connectivity index (χ4n) is 7.63. The third-order valence-electron chi connectivity index (χ3n) is 10.6. The van der Waals surface area contributed by atoms with E-state index < -0.39 is 47.4 Å². The maximum absolute atomic E-state index is 13.4. The molecule has 1 aromatic rings. The van der Waals surface area contributed by atoms with Crippen molar-refractivity contribution in [3.8, 4) is 11.3 Å². The lowest BCUT2D eigenvalue weighted by Gasteiger charge is -2.30. The number of fused-ring (bicyclic) bond motifs is 2. The molecule has 1 aromatic carbocycles. The monoisotopic (exact) mass is 894 g/mol. The van der Waals surface area contributed by atoms with E-state index in [1.54, 1.807) is 12.1 Å².